The van der Waals surface area contributed by atoms with E-state index in [-0.39, 0.29) is 17.3 Å². The van der Waals surface area contributed by atoms with E-state index in [4.69, 9.17) is 0 Å². The Morgan fingerprint density at radius 2 is 1.85 bits per heavy atom. The minimum atomic E-state index is -0.524. The molecule has 0 bridgehead atoms. The van der Waals surface area contributed by atoms with Crippen molar-refractivity contribution in [1.82, 2.24) is 15.4 Å². The van der Waals surface area contributed by atoms with E-state index < -0.39 is 10.8 Å². The van der Waals surface area contributed by atoms with Crippen LogP contribution in [0.5, 0.6) is 0 Å². The minimum Gasteiger partial charge on any atom is -0.351 e. The second-order valence-electron chi connectivity index (χ2n) is 6.14. The molecule has 0 unspecified atom stereocenters. The molecule has 136 valence electrons. The molecule has 0 aliphatic carbocycles. The van der Waals surface area contributed by atoms with Gasteiger partial charge in [0.15, 0.2) is 0 Å². The van der Waals surface area contributed by atoms with Crippen molar-refractivity contribution in [3.63, 3.8) is 0 Å². The highest BCUT2D eigenvalue weighted by molar-refractivity contribution is 5.95. The van der Waals surface area contributed by atoms with E-state index in [1.165, 1.54) is 6.33 Å². The summed E-state index contributed by atoms with van der Waals surface area (Å²) in [6.45, 7) is 3.35. The molecule has 0 spiro atoms. The van der Waals surface area contributed by atoms with Crippen LogP contribution in [0.4, 0.5) is 17.3 Å². The number of anilines is 2. The molecule has 0 saturated carbocycles. The largest absolute Gasteiger partial charge is 0.355 e. The maximum atomic E-state index is 12.2. The zero-order valence-corrected chi connectivity index (χ0v) is 14.4. The highest BCUT2D eigenvalue weighted by Gasteiger charge is 2.28. The van der Waals surface area contributed by atoms with Crippen LogP contribution in [-0.4, -0.2) is 33.9 Å². The normalized spacial score (nSPS) is 14.0. The van der Waals surface area contributed by atoms with Gasteiger partial charge in [-0.1, -0.05) is 17.7 Å². The van der Waals surface area contributed by atoms with Gasteiger partial charge < -0.3 is 4.90 Å². The van der Waals surface area contributed by atoms with Crippen molar-refractivity contribution in [3.8, 4) is 0 Å². The fourth-order valence-corrected chi connectivity index (χ4v) is 2.86. The van der Waals surface area contributed by atoms with Crippen LogP contribution in [0.2, 0.25) is 0 Å². The number of nitro groups is 1. The average Bonchev–Trinajstić information content (AvgIpc) is 2.67. The van der Waals surface area contributed by atoms with Crippen molar-refractivity contribution in [2.45, 2.75) is 26.2 Å². The number of aromatic nitrogens is 2. The smallest absolute Gasteiger partial charge is 0.351 e. The molecule has 9 heteroatoms. The quantitative estimate of drug-likeness (QED) is 0.625. The molecule has 1 aliphatic rings. The number of benzene rings is 1. The van der Waals surface area contributed by atoms with Crippen LogP contribution in [0, 0.1) is 17.0 Å². The molecule has 0 atom stereocenters. The van der Waals surface area contributed by atoms with E-state index in [9.17, 15) is 14.9 Å². The lowest BCUT2D eigenvalue weighted by atomic mass is 10.1. The Labute approximate surface area is 150 Å². The number of hydrogen-bond donors (Lipinski definition) is 2. The number of carbonyl (C=O) groups excluding carboxylic acids is 1. The number of amides is 1. The standard InChI is InChI=1S/C17H20N6O3/c1-12-5-7-13(8-6-12)17(24)21-20-15-14(23(25)26)16(19-11-18-15)22-9-3-2-4-10-22/h5-8,11H,2-4,9-10H2,1H3,(H,21,24)(H,18,19,20). The van der Waals surface area contributed by atoms with Crippen LogP contribution in [-0.2, 0) is 0 Å². The van der Waals surface area contributed by atoms with Gasteiger partial charge in [0.1, 0.15) is 6.33 Å². The number of hydrogen-bond acceptors (Lipinski definition) is 7. The summed E-state index contributed by atoms with van der Waals surface area (Å²) in [5, 5.41) is 11.6. The van der Waals surface area contributed by atoms with Crippen molar-refractivity contribution >= 4 is 23.2 Å². The first kappa shape index (κ1) is 17.6. The van der Waals surface area contributed by atoms with E-state index in [2.05, 4.69) is 20.8 Å². The summed E-state index contributed by atoms with van der Waals surface area (Å²) in [7, 11) is 0. The van der Waals surface area contributed by atoms with Gasteiger partial charge in [-0.15, -0.1) is 0 Å². The van der Waals surface area contributed by atoms with Crippen molar-refractivity contribution in [3.05, 3.63) is 51.8 Å². The predicted octanol–water partition coefficient (Wildman–Crippen LogP) is 2.44. The van der Waals surface area contributed by atoms with E-state index in [0.29, 0.717) is 18.7 Å². The van der Waals surface area contributed by atoms with Gasteiger partial charge in [-0.3, -0.25) is 25.8 Å². The van der Waals surface area contributed by atoms with Gasteiger partial charge in [-0.2, -0.15) is 0 Å². The maximum Gasteiger partial charge on any atom is 0.355 e. The molecule has 1 aliphatic heterocycles. The Bertz CT molecular complexity index is 803. The van der Waals surface area contributed by atoms with Gasteiger partial charge in [-0.05, 0) is 38.3 Å². The monoisotopic (exact) mass is 356 g/mol. The molecule has 2 heterocycles. The number of piperidine rings is 1. The lowest BCUT2D eigenvalue weighted by Crippen LogP contribution is -2.33. The molecule has 0 radical (unpaired) electrons. The summed E-state index contributed by atoms with van der Waals surface area (Å²) in [5.74, 6) is -0.166. The average molecular weight is 356 g/mol. The third-order valence-corrected chi connectivity index (χ3v) is 4.25. The fourth-order valence-electron chi connectivity index (χ4n) is 2.86. The molecule has 9 nitrogen and oxygen atoms in total. The SMILES string of the molecule is Cc1ccc(C(=O)NNc2ncnc(N3CCCCC3)c2[N+](=O)[O-])cc1. The molecule has 2 aromatic rings. The molecule has 1 fully saturated rings. The van der Waals surface area contributed by atoms with Gasteiger partial charge in [0.25, 0.3) is 5.91 Å². The second kappa shape index (κ2) is 7.77. The zero-order chi connectivity index (χ0) is 18.5. The summed E-state index contributed by atoms with van der Waals surface area (Å²) in [5.41, 5.74) is 6.26. The molecular formula is C17H20N6O3. The van der Waals surface area contributed by atoms with Gasteiger partial charge in [-0.25, -0.2) is 9.97 Å². The van der Waals surface area contributed by atoms with Gasteiger partial charge in [0.05, 0.1) is 4.92 Å². The van der Waals surface area contributed by atoms with Crippen LogP contribution in [0.1, 0.15) is 35.2 Å². The molecule has 1 amide bonds. The van der Waals surface area contributed by atoms with E-state index in [0.717, 1.165) is 24.8 Å². The zero-order valence-electron chi connectivity index (χ0n) is 14.4. The van der Waals surface area contributed by atoms with Crippen LogP contribution in [0.15, 0.2) is 30.6 Å². The summed E-state index contributed by atoms with van der Waals surface area (Å²) >= 11 is 0. The summed E-state index contributed by atoms with van der Waals surface area (Å²) in [6, 6.07) is 6.99. The Hall–Kier alpha value is -3.23. The molecule has 2 N–H and O–H groups in total. The summed E-state index contributed by atoms with van der Waals surface area (Å²) in [4.78, 5) is 33.2. The number of rotatable bonds is 5. The molecule has 1 saturated heterocycles. The number of aryl methyl sites for hydroxylation is 1. The third-order valence-electron chi connectivity index (χ3n) is 4.25. The lowest BCUT2D eigenvalue weighted by Gasteiger charge is -2.27. The molecule has 3 rings (SSSR count). The number of carbonyl (C=O) groups is 1. The van der Waals surface area contributed by atoms with Crippen LogP contribution >= 0.6 is 0 Å². The molecule has 1 aromatic heterocycles. The Morgan fingerprint density at radius 1 is 1.15 bits per heavy atom. The number of nitrogens with zero attached hydrogens (tertiary/aromatic N) is 4. The topological polar surface area (TPSA) is 113 Å². The first-order chi connectivity index (χ1) is 12.6. The van der Waals surface area contributed by atoms with Crippen molar-refractivity contribution < 1.29 is 9.72 Å². The van der Waals surface area contributed by atoms with Crippen molar-refractivity contribution in [1.29, 1.82) is 0 Å². The number of hydrazine groups is 1. The van der Waals surface area contributed by atoms with Crippen molar-refractivity contribution in [2.24, 2.45) is 0 Å². The van der Waals surface area contributed by atoms with Crippen molar-refractivity contribution in [2.75, 3.05) is 23.4 Å². The lowest BCUT2D eigenvalue weighted by molar-refractivity contribution is -0.383. The highest BCUT2D eigenvalue weighted by atomic mass is 16.6. The number of nitrogens with one attached hydrogen (secondary N) is 2. The Morgan fingerprint density at radius 3 is 2.50 bits per heavy atom. The van der Waals surface area contributed by atoms with Crippen LogP contribution in [0.25, 0.3) is 0 Å². The molecule has 1 aromatic carbocycles. The van der Waals surface area contributed by atoms with Crippen LogP contribution in [0.3, 0.4) is 0 Å². The Kier molecular flexibility index (Phi) is 5.26. The van der Waals surface area contributed by atoms with Crippen LogP contribution < -0.4 is 15.8 Å². The fraction of sp³-hybridized carbons (Fsp3) is 0.353. The summed E-state index contributed by atoms with van der Waals surface area (Å²) in [6.07, 6.45) is 4.30. The maximum absolute atomic E-state index is 12.2. The van der Waals surface area contributed by atoms with Gasteiger partial charge in [0.2, 0.25) is 11.6 Å². The Balaban J connectivity index is 1.79. The predicted molar refractivity (Wildman–Crippen MR) is 97.0 cm³/mol. The molecule has 26 heavy (non-hydrogen) atoms. The van der Waals surface area contributed by atoms with E-state index in [1.54, 1.807) is 12.1 Å². The highest BCUT2D eigenvalue weighted by Crippen LogP contribution is 2.32. The second-order valence-corrected chi connectivity index (χ2v) is 6.14. The van der Waals surface area contributed by atoms with Gasteiger partial charge >= 0.3 is 5.69 Å². The third kappa shape index (κ3) is 3.88. The van der Waals surface area contributed by atoms with E-state index in [1.807, 2.05) is 24.0 Å². The van der Waals surface area contributed by atoms with E-state index >= 15 is 0 Å². The van der Waals surface area contributed by atoms with Gasteiger partial charge in [0, 0.05) is 18.7 Å². The minimum absolute atomic E-state index is 0.0361. The first-order valence-corrected chi connectivity index (χ1v) is 8.43. The first-order valence-electron chi connectivity index (χ1n) is 8.43. The molecular weight excluding hydrogens is 336 g/mol. The summed E-state index contributed by atoms with van der Waals surface area (Å²) < 4.78 is 0.